The fourth-order valence-electron chi connectivity index (χ4n) is 1.88. The molecule has 9 nitrogen and oxygen atoms in total. The molecule has 0 atom stereocenters. The molecule has 0 spiro atoms. The number of carbonyl (C=O) groups is 1. The van der Waals surface area contributed by atoms with Crippen LogP contribution in [0, 0.1) is 6.92 Å². The summed E-state index contributed by atoms with van der Waals surface area (Å²) in [4.78, 5) is 28.2. The molecule has 0 bridgehead atoms. The zero-order valence-corrected chi connectivity index (χ0v) is 12.7. The van der Waals surface area contributed by atoms with Gasteiger partial charge in [0.1, 0.15) is 23.3 Å². The van der Waals surface area contributed by atoms with E-state index >= 15 is 0 Å². The molecular formula is C12H12N6O3S. The van der Waals surface area contributed by atoms with Crippen LogP contribution in [0.5, 0.6) is 0 Å². The molecule has 22 heavy (non-hydrogen) atoms. The van der Waals surface area contributed by atoms with Gasteiger partial charge in [-0.2, -0.15) is 0 Å². The second-order valence-corrected chi connectivity index (χ2v) is 5.59. The number of aryl methyl sites for hydroxylation is 2. The molecule has 1 amide bonds. The fraction of sp³-hybridized carbons (Fsp3) is 0.333. The van der Waals surface area contributed by atoms with Crippen LogP contribution in [-0.2, 0) is 17.8 Å². The SMILES string of the molecule is CCc1nnc(NC(=O)Cn2cnc3onc(C)c3c2=O)s1. The Kier molecular flexibility index (Phi) is 3.67. The van der Waals surface area contributed by atoms with Crippen LogP contribution in [0.1, 0.15) is 17.6 Å². The molecule has 3 heterocycles. The molecule has 3 aromatic heterocycles. The minimum Gasteiger partial charge on any atom is -0.335 e. The van der Waals surface area contributed by atoms with Crippen molar-refractivity contribution in [3.63, 3.8) is 0 Å². The first-order valence-corrected chi connectivity index (χ1v) is 7.33. The lowest BCUT2D eigenvalue weighted by molar-refractivity contribution is -0.116. The first-order chi connectivity index (χ1) is 10.6. The maximum absolute atomic E-state index is 12.3. The Morgan fingerprint density at radius 3 is 3.00 bits per heavy atom. The van der Waals surface area contributed by atoms with E-state index in [1.807, 2.05) is 6.92 Å². The number of nitrogens with one attached hydrogen (secondary N) is 1. The Labute approximate surface area is 128 Å². The molecule has 3 aromatic rings. The van der Waals surface area contributed by atoms with Gasteiger partial charge < -0.3 is 4.52 Å². The van der Waals surface area contributed by atoms with Gasteiger partial charge in [-0.3, -0.25) is 19.5 Å². The molecule has 3 rings (SSSR count). The minimum absolute atomic E-state index is 0.163. The highest BCUT2D eigenvalue weighted by Crippen LogP contribution is 2.15. The summed E-state index contributed by atoms with van der Waals surface area (Å²) < 4.78 is 6.11. The van der Waals surface area contributed by atoms with E-state index in [-0.39, 0.29) is 29.1 Å². The average molecular weight is 320 g/mol. The van der Waals surface area contributed by atoms with Gasteiger partial charge in [0.2, 0.25) is 11.0 Å². The van der Waals surface area contributed by atoms with Gasteiger partial charge in [0.05, 0.1) is 5.69 Å². The number of anilines is 1. The average Bonchev–Trinajstić information content (AvgIpc) is 3.09. The third-order valence-electron chi connectivity index (χ3n) is 2.96. The number of aromatic nitrogens is 5. The number of amides is 1. The molecule has 0 aliphatic heterocycles. The number of carbonyl (C=O) groups excluding carboxylic acids is 1. The largest absolute Gasteiger partial charge is 0.335 e. The number of hydrogen-bond acceptors (Lipinski definition) is 8. The molecule has 0 radical (unpaired) electrons. The monoisotopic (exact) mass is 320 g/mol. The van der Waals surface area contributed by atoms with Crippen LogP contribution in [0.3, 0.4) is 0 Å². The zero-order chi connectivity index (χ0) is 15.7. The number of rotatable bonds is 4. The molecule has 1 N–H and O–H groups in total. The molecule has 114 valence electrons. The van der Waals surface area contributed by atoms with Crippen molar-refractivity contribution in [2.45, 2.75) is 26.8 Å². The summed E-state index contributed by atoms with van der Waals surface area (Å²) >= 11 is 1.30. The molecule has 0 aliphatic carbocycles. The van der Waals surface area contributed by atoms with E-state index in [2.05, 4.69) is 25.7 Å². The summed E-state index contributed by atoms with van der Waals surface area (Å²) in [5, 5.41) is 15.6. The van der Waals surface area contributed by atoms with Crippen molar-refractivity contribution in [2.24, 2.45) is 0 Å². The molecule has 0 fully saturated rings. The molecule has 0 aliphatic rings. The third-order valence-corrected chi connectivity index (χ3v) is 3.95. The zero-order valence-electron chi connectivity index (χ0n) is 11.9. The van der Waals surface area contributed by atoms with Gasteiger partial charge in [0.15, 0.2) is 0 Å². The molecule has 0 saturated carbocycles. The predicted molar refractivity (Wildman–Crippen MR) is 78.7 cm³/mol. The van der Waals surface area contributed by atoms with Crippen molar-refractivity contribution < 1.29 is 9.32 Å². The van der Waals surface area contributed by atoms with Gasteiger partial charge in [-0.25, -0.2) is 4.98 Å². The van der Waals surface area contributed by atoms with Crippen molar-refractivity contribution >= 4 is 33.5 Å². The van der Waals surface area contributed by atoms with Gasteiger partial charge in [-0.05, 0) is 13.3 Å². The summed E-state index contributed by atoms with van der Waals surface area (Å²) in [5.41, 5.74) is 0.236. The summed E-state index contributed by atoms with van der Waals surface area (Å²) in [6, 6.07) is 0. The van der Waals surface area contributed by atoms with Gasteiger partial charge in [0.25, 0.3) is 11.3 Å². The smallest absolute Gasteiger partial charge is 0.267 e. The highest BCUT2D eigenvalue weighted by molar-refractivity contribution is 7.15. The Morgan fingerprint density at radius 1 is 1.45 bits per heavy atom. The lowest BCUT2D eigenvalue weighted by Gasteiger charge is -2.04. The van der Waals surface area contributed by atoms with Crippen molar-refractivity contribution in [2.75, 3.05) is 5.32 Å². The lowest BCUT2D eigenvalue weighted by atomic mass is 10.3. The van der Waals surface area contributed by atoms with Crippen LogP contribution in [0.2, 0.25) is 0 Å². The van der Waals surface area contributed by atoms with E-state index in [4.69, 9.17) is 4.52 Å². The Bertz CT molecular complexity index is 896. The van der Waals surface area contributed by atoms with Gasteiger partial charge in [-0.15, -0.1) is 10.2 Å². The maximum Gasteiger partial charge on any atom is 0.267 e. The number of nitrogens with zero attached hydrogens (tertiary/aromatic N) is 5. The van der Waals surface area contributed by atoms with Crippen molar-refractivity contribution in [1.29, 1.82) is 0 Å². The van der Waals surface area contributed by atoms with Crippen molar-refractivity contribution in [1.82, 2.24) is 24.9 Å². The van der Waals surface area contributed by atoms with Crippen LogP contribution in [0.15, 0.2) is 15.6 Å². The Morgan fingerprint density at radius 2 is 2.27 bits per heavy atom. The van der Waals surface area contributed by atoms with Gasteiger partial charge >= 0.3 is 0 Å². The topological polar surface area (TPSA) is 116 Å². The van der Waals surface area contributed by atoms with Gasteiger partial charge in [-0.1, -0.05) is 23.4 Å². The molecule has 0 unspecified atom stereocenters. The normalized spacial score (nSPS) is 11.0. The number of hydrogen-bond donors (Lipinski definition) is 1. The highest BCUT2D eigenvalue weighted by Gasteiger charge is 2.14. The lowest BCUT2D eigenvalue weighted by Crippen LogP contribution is -2.27. The summed E-state index contributed by atoms with van der Waals surface area (Å²) in [6.07, 6.45) is 2.01. The Balaban J connectivity index is 1.80. The standard InChI is InChI=1S/C12H12N6O3S/c1-3-8-15-16-12(22-8)14-7(19)4-18-5-13-10-9(11(18)20)6(2)17-21-10/h5H,3-4H2,1-2H3,(H,14,16,19). The van der Waals surface area contributed by atoms with E-state index in [9.17, 15) is 9.59 Å². The molecule has 10 heteroatoms. The van der Waals surface area contributed by atoms with Crippen molar-refractivity contribution in [3.8, 4) is 0 Å². The summed E-state index contributed by atoms with van der Waals surface area (Å²) in [6.45, 7) is 3.42. The first kappa shape index (κ1) is 14.3. The molecular weight excluding hydrogens is 308 g/mol. The second kappa shape index (κ2) is 5.64. The van der Waals surface area contributed by atoms with E-state index in [0.29, 0.717) is 10.8 Å². The molecule has 0 saturated heterocycles. The van der Waals surface area contributed by atoms with E-state index < -0.39 is 0 Å². The predicted octanol–water partition coefficient (Wildman–Crippen LogP) is 0.746. The van der Waals surface area contributed by atoms with Crippen LogP contribution in [-0.4, -0.2) is 30.8 Å². The third kappa shape index (κ3) is 2.60. The second-order valence-electron chi connectivity index (χ2n) is 4.53. The minimum atomic E-state index is -0.379. The Hall–Kier alpha value is -2.62. The van der Waals surface area contributed by atoms with E-state index in [0.717, 1.165) is 11.4 Å². The van der Waals surface area contributed by atoms with Crippen LogP contribution >= 0.6 is 11.3 Å². The summed E-state index contributed by atoms with van der Waals surface area (Å²) in [7, 11) is 0. The fourth-order valence-corrected chi connectivity index (χ4v) is 2.58. The highest BCUT2D eigenvalue weighted by atomic mass is 32.1. The quantitative estimate of drug-likeness (QED) is 0.753. The van der Waals surface area contributed by atoms with E-state index in [1.54, 1.807) is 6.92 Å². The van der Waals surface area contributed by atoms with E-state index in [1.165, 1.54) is 22.2 Å². The van der Waals surface area contributed by atoms with Gasteiger partial charge in [0, 0.05) is 0 Å². The number of fused-ring (bicyclic) bond motifs is 1. The van der Waals surface area contributed by atoms with Crippen LogP contribution in [0.25, 0.3) is 11.1 Å². The van der Waals surface area contributed by atoms with Crippen LogP contribution in [0.4, 0.5) is 5.13 Å². The van der Waals surface area contributed by atoms with Crippen molar-refractivity contribution in [3.05, 3.63) is 27.4 Å². The first-order valence-electron chi connectivity index (χ1n) is 6.52. The summed E-state index contributed by atoms with van der Waals surface area (Å²) in [5.74, 6) is -0.379. The van der Waals surface area contributed by atoms with Crippen LogP contribution < -0.4 is 10.9 Å². The maximum atomic E-state index is 12.3. The molecule has 0 aromatic carbocycles.